The van der Waals surface area contributed by atoms with Gasteiger partial charge in [-0.2, -0.15) is 17.4 Å². The van der Waals surface area contributed by atoms with E-state index in [1.807, 2.05) is 24.3 Å². The summed E-state index contributed by atoms with van der Waals surface area (Å²) in [5.41, 5.74) is 6.60. The van der Waals surface area contributed by atoms with Crippen LogP contribution in [0.2, 0.25) is 0 Å². The van der Waals surface area contributed by atoms with E-state index in [4.69, 9.17) is 5.73 Å². The lowest BCUT2D eigenvalue weighted by atomic mass is 10.1. The van der Waals surface area contributed by atoms with Gasteiger partial charge in [0.1, 0.15) is 0 Å². The van der Waals surface area contributed by atoms with E-state index in [0.29, 0.717) is 19.6 Å². The number of nitrogens with zero attached hydrogens (tertiary/aromatic N) is 1. The average Bonchev–Trinajstić information content (AvgIpc) is 2.46. The van der Waals surface area contributed by atoms with Gasteiger partial charge < -0.3 is 5.73 Å². The number of nitrogens with one attached hydrogen (secondary N) is 1. The topological polar surface area (TPSA) is 75.4 Å². The summed E-state index contributed by atoms with van der Waals surface area (Å²) in [6.07, 6.45) is 2.78. The quantitative estimate of drug-likeness (QED) is 0.836. The molecular formula is C13H20BrN3O2S. The highest BCUT2D eigenvalue weighted by Gasteiger charge is 2.30. The zero-order valence-electron chi connectivity index (χ0n) is 11.3. The first-order valence-corrected chi connectivity index (χ1v) is 8.97. The van der Waals surface area contributed by atoms with E-state index in [2.05, 4.69) is 20.7 Å². The van der Waals surface area contributed by atoms with Crippen LogP contribution >= 0.6 is 15.9 Å². The van der Waals surface area contributed by atoms with Crippen molar-refractivity contribution in [2.45, 2.75) is 31.8 Å². The Bertz CT molecular complexity index is 533. The van der Waals surface area contributed by atoms with Crippen LogP contribution in [0, 0.1) is 0 Å². The second kappa shape index (κ2) is 7.00. The van der Waals surface area contributed by atoms with Gasteiger partial charge in [0.25, 0.3) is 10.2 Å². The lowest BCUT2D eigenvalue weighted by Crippen LogP contribution is -2.51. The maximum Gasteiger partial charge on any atom is 0.280 e. The highest BCUT2D eigenvalue weighted by atomic mass is 79.9. The lowest BCUT2D eigenvalue weighted by molar-refractivity contribution is 0.254. The molecule has 0 amide bonds. The second-order valence-corrected chi connectivity index (χ2v) is 7.57. The maximum atomic E-state index is 12.3. The molecule has 0 aromatic heterocycles. The minimum Gasteiger partial charge on any atom is -0.329 e. The summed E-state index contributed by atoms with van der Waals surface area (Å²) in [6, 6.07) is 7.50. The fourth-order valence-electron chi connectivity index (χ4n) is 2.39. The van der Waals surface area contributed by atoms with Crippen LogP contribution in [-0.4, -0.2) is 31.9 Å². The van der Waals surface area contributed by atoms with E-state index in [0.717, 1.165) is 29.3 Å². The van der Waals surface area contributed by atoms with Crippen molar-refractivity contribution in [3.05, 3.63) is 34.3 Å². The number of rotatable bonds is 5. The summed E-state index contributed by atoms with van der Waals surface area (Å²) in [5, 5.41) is 0. The standard InChI is InChI=1S/C13H20BrN3O2S/c14-12-6-4-11(5-7-12)10-16-20(18,19)17-8-2-1-3-13(17)9-15/h4-7,13,16H,1-3,8-10,15H2. The number of nitrogens with two attached hydrogens (primary N) is 1. The molecule has 1 unspecified atom stereocenters. The minimum atomic E-state index is -3.46. The van der Waals surface area contributed by atoms with Crippen LogP contribution in [0.15, 0.2) is 28.7 Å². The fourth-order valence-corrected chi connectivity index (χ4v) is 4.12. The minimum absolute atomic E-state index is 0.0776. The average molecular weight is 362 g/mol. The van der Waals surface area contributed by atoms with Crippen molar-refractivity contribution in [3.63, 3.8) is 0 Å². The first kappa shape index (κ1) is 15.9. The molecule has 1 aromatic rings. The third-order valence-corrected chi connectivity index (χ3v) is 5.66. The van der Waals surface area contributed by atoms with Gasteiger partial charge in [0.2, 0.25) is 0 Å². The smallest absolute Gasteiger partial charge is 0.280 e. The third-order valence-electron chi connectivity index (χ3n) is 3.53. The van der Waals surface area contributed by atoms with Crippen molar-refractivity contribution in [1.29, 1.82) is 0 Å². The summed E-state index contributed by atoms with van der Waals surface area (Å²) in [6.45, 7) is 1.22. The Kier molecular flexibility index (Phi) is 5.57. The molecule has 1 aliphatic heterocycles. The lowest BCUT2D eigenvalue weighted by Gasteiger charge is -2.33. The largest absolute Gasteiger partial charge is 0.329 e. The molecule has 1 fully saturated rings. The van der Waals surface area contributed by atoms with Crippen LogP contribution in [0.4, 0.5) is 0 Å². The van der Waals surface area contributed by atoms with Gasteiger partial charge in [-0.3, -0.25) is 0 Å². The highest BCUT2D eigenvalue weighted by molar-refractivity contribution is 9.10. The van der Waals surface area contributed by atoms with Crippen molar-refractivity contribution >= 4 is 26.1 Å². The van der Waals surface area contributed by atoms with Crippen LogP contribution in [0.5, 0.6) is 0 Å². The zero-order chi connectivity index (χ0) is 14.6. The summed E-state index contributed by atoms with van der Waals surface area (Å²) < 4.78 is 29.8. The summed E-state index contributed by atoms with van der Waals surface area (Å²) in [7, 11) is -3.46. The number of hydrogen-bond acceptors (Lipinski definition) is 3. The first-order valence-electron chi connectivity index (χ1n) is 6.74. The molecule has 1 aromatic carbocycles. The van der Waals surface area contributed by atoms with E-state index >= 15 is 0 Å². The van der Waals surface area contributed by atoms with E-state index < -0.39 is 10.2 Å². The molecule has 0 spiro atoms. The summed E-state index contributed by atoms with van der Waals surface area (Å²) in [5.74, 6) is 0. The van der Waals surface area contributed by atoms with Crippen molar-refractivity contribution in [1.82, 2.24) is 9.03 Å². The zero-order valence-corrected chi connectivity index (χ0v) is 13.7. The van der Waals surface area contributed by atoms with Gasteiger partial charge in [0, 0.05) is 30.1 Å². The first-order chi connectivity index (χ1) is 9.53. The van der Waals surface area contributed by atoms with Gasteiger partial charge >= 0.3 is 0 Å². The predicted octanol–water partition coefficient (Wildman–Crippen LogP) is 1.60. The van der Waals surface area contributed by atoms with Gasteiger partial charge in [-0.25, -0.2) is 0 Å². The molecule has 3 N–H and O–H groups in total. The SMILES string of the molecule is NCC1CCCCN1S(=O)(=O)NCc1ccc(Br)cc1. The van der Waals surface area contributed by atoms with E-state index in [1.54, 1.807) is 0 Å². The Morgan fingerprint density at radius 1 is 1.30 bits per heavy atom. The Morgan fingerprint density at radius 2 is 2.00 bits per heavy atom. The third kappa shape index (κ3) is 4.02. The molecule has 112 valence electrons. The molecule has 0 saturated carbocycles. The van der Waals surface area contributed by atoms with Gasteiger partial charge in [0.15, 0.2) is 0 Å². The van der Waals surface area contributed by atoms with Crippen LogP contribution in [0.25, 0.3) is 0 Å². The van der Waals surface area contributed by atoms with E-state index in [1.165, 1.54) is 4.31 Å². The van der Waals surface area contributed by atoms with Crippen molar-refractivity contribution in [3.8, 4) is 0 Å². The van der Waals surface area contributed by atoms with Crippen LogP contribution in [0.1, 0.15) is 24.8 Å². The Hall–Kier alpha value is -0.470. The van der Waals surface area contributed by atoms with E-state index in [9.17, 15) is 8.42 Å². The normalized spacial score (nSPS) is 21.0. The number of piperidine rings is 1. The molecule has 1 saturated heterocycles. The molecular weight excluding hydrogens is 342 g/mol. The number of benzene rings is 1. The second-order valence-electron chi connectivity index (χ2n) is 4.95. The van der Waals surface area contributed by atoms with Crippen molar-refractivity contribution in [2.75, 3.05) is 13.1 Å². The molecule has 1 aliphatic rings. The number of halogens is 1. The summed E-state index contributed by atoms with van der Waals surface area (Å²) in [4.78, 5) is 0. The van der Waals surface area contributed by atoms with Gasteiger partial charge in [0.05, 0.1) is 0 Å². The van der Waals surface area contributed by atoms with Crippen LogP contribution in [0.3, 0.4) is 0 Å². The number of hydrogen-bond donors (Lipinski definition) is 2. The van der Waals surface area contributed by atoms with Crippen molar-refractivity contribution in [2.24, 2.45) is 5.73 Å². The van der Waals surface area contributed by atoms with E-state index in [-0.39, 0.29) is 6.04 Å². The molecule has 2 rings (SSSR count). The summed E-state index contributed by atoms with van der Waals surface area (Å²) >= 11 is 3.36. The molecule has 0 aliphatic carbocycles. The van der Waals surface area contributed by atoms with Gasteiger partial charge in [-0.05, 0) is 30.5 Å². The van der Waals surface area contributed by atoms with Gasteiger partial charge in [-0.15, -0.1) is 0 Å². The van der Waals surface area contributed by atoms with Crippen molar-refractivity contribution < 1.29 is 8.42 Å². The molecule has 20 heavy (non-hydrogen) atoms. The maximum absolute atomic E-state index is 12.3. The Morgan fingerprint density at radius 3 is 2.65 bits per heavy atom. The van der Waals surface area contributed by atoms with Gasteiger partial charge in [-0.1, -0.05) is 34.5 Å². The predicted molar refractivity (Wildman–Crippen MR) is 83.3 cm³/mol. The molecule has 1 heterocycles. The fraction of sp³-hybridized carbons (Fsp3) is 0.538. The molecule has 0 radical (unpaired) electrons. The molecule has 1 atom stereocenters. The molecule has 0 bridgehead atoms. The monoisotopic (exact) mass is 361 g/mol. The molecule has 7 heteroatoms. The Balaban J connectivity index is 2.01. The Labute approximate surface area is 128 Å². The molecule has 5 nitrogen and oxygen atoms in total. The highest BCUT2D eigenvalue weighted by Crippen LogP contribution is 2.19. The van der Waals surface area contributed by atoms with Crippen LogP contribution < -0.4 is 10.5 Å². The van der Waals surface area contributed by atoms with Crippen LogP contribution in [-0.2, 0) is 16.8 Å².